The van der Waals surface area contributed by atoms with Crippen molar-refractivity contribution in [2.45, 2.75) is 37.6 Å². The van der Waals surface area contributed by atoms with Gasteiger partial charge >= 0.3 is 0 Å². The van der Waals surface area contributed by atoms with Gasteiger partial charge in [0.1, 0.15) is 23.8 Å². The Balaban J connectivity index is 1.57. The number of hydrogen-bond donors (Lipinski definition) is 0. The second-order valence-electron chi connectivity index (χ2n) is 7.89. The van der Waals surface area contributed by atoms with Gasteiger partial charge in [-0.3, -0.25) is 0 Å². The van der Waals surface area contributed by atoms with Crippen LogP contribution in [0.15, 0.2) is 35.5 Å². The monoisotopic (exact) mass is 426 g/mol. The Morgan fingerprint density at radius 3 is 2.47 bits per heavy atom. The van der Waals surface area contributed by atoms with Crippen LogP contribution in [-0.4, -0.2) is 60.8 Å². The van der Waals surface area contributed by atoms with Crippen LogP contribution in [0.3, 0.4) is 0 Å². The average Bonchev–Trinajstić information content (AvgIpc) is 2.71. The van der Waals surface area contributed by atoms with Crippen LogP contribution >= 0.6 is 0 Å². The molecule has 8 nitrogen and oxygen atoms in total. The largest absolute Gasteiger partial charge is 0.356 e. The van der Waals surface area contributed by atoms with Crippen LogP contribution in [0.5, 0.6) is 0 Å². The summed E-state index contributed by atoms with van der Waals surface area (Å²) in [6, 6.07) is 7.34. The molecule has 3 aromatic rings. The molecule has 0 saturated carbocycles. The molecule has 1 aliphatic heterocycles. The summed E-state index contributed by atoms with van der Waals surface area (Å²) in [5.74, 6) is 2.53. The van der Waals surface area contributed by atoms with Crippen LogP contribution in [0.25, 0.3) is 10.9 Å². The fourth-order valence-electron chi connectivity index (χ4n) is 4.05. The second kappa shape index (κ2) is 7.79. The highest BCUT2D eigenvalue weighted by atomic mass is 32.2. The van der Waals surface area contributed by atoms with E-state index in [9.17, 15) is 8.42 Å². The molecule has 0 radical (unpaired) electrons. The molecule has 4 rings (SSSR count). The lowest BCUT2D eigenvalue weighted by atomic mass is 10.0. The van der Waals surface area contributed by atoms with Crippen molar-refractivity contribution in [2.75, 3.05) is 36.2 Å². The summed E-state index contributed by atoms with van der Waals surface area (Å²) in [6.07, 6.45) is 4.66. The summed E-state index contributed by atoms with van der Waals surface area (Å²) in [7, 11) is -1.28. The second-order valence-corrected chi connectivity index (χ2v) is 9.91. The molecular weight excluding hydrogens is 400 g/mol. The first-order chi connectivity index (χ1) is 14.2. The predicted octanol–water partition coefficient (Wildman–Crippen LogP) is 2.55. The number of rotatable bonds is 4. The molecule has 0 spiro atoms. The first-order valence-corrected chi connectivity index (χ1v) is 11.9. The van der Waals surface area contributed by atoms with Gasteiger partial charge in [-0.05, 0) is 44.9 Å². The number of hydrogen-bond acceptors (Lipinski definition) is 8. The summed E-state index contributed by atoms with van der Waals surface area (Å²) in [5.41, 5.74) is 1.72. The number of benzene rings is 1. The van der Waals surface area contributed by atoms with Gasteiger partial charge in [-0.1, -0.05) is 0 Å². The number of aromatic nitrogens is 4. The number of anilines is 2. The lowest BCUT2D eigenvalue weighted by Crippen LogP contribution is -2.44. The molecule has 2 aromatic heterocycles. The third kappa shape index (κ3) is 4.07. The van der Waals surface area contributed by atoms with Crippen molar-refractivity contribution in [1.82, 2.24) is 19.9 Å². The van der Waals surface area contributed by atoms with E-state index in [1.807, 2.05) is 27.0 Å². The Morgan fingerprint density at radius 1 is 1.07 bits per heavy atom. The molecule has 158 valence electrons. The maximum Gasteiger partial charge on any atom is 0.175 e. The lowest BCUT2D eigenvalue weighted by molar-refractivity contribution is 0.478. The zero-order chi connectivity index (χ0) is 21.5. The van der Waals surface area contributed by atoms with E-state index in [2.05, 4.69) is 29.7 Å². The maximum absolute atomic E-state index is 12.0. The van der Waals surface area contributed by atoms with Gasteiger partial charge in [-0.2, -0.15) is 0 Å². The highest BCUT2D eigenvalue weighted by molar-refractivity contribution is 7.90. The molecule has 3 heterocycles. The summed E-state index contributed by atoms with van der Waals surface area (Å²) in [4.78, 5) is 22.5. The van der Waals surface area contributed by atoms with Gasteiger partial charge in [-0.15, -0.1) is 0 Å². The highest BCUT2D eigenvalue weighted by Crippen LogP contribution is 2.29. The number of fused-ring (bicyclic) bond motifs is 1. The Labute approximate surface area is 176 Å². The number of aryl methyl sites for hydroxylation is 2. The van der Waals surface area contributed by atoms with E-state index in [4.69, 9.17) is 0 Å². The number of nitrogens with zero attached hydrogens (tertiary/aromatic N) is 6. The van der Waals surface area contributed by atoms with Crippen LogP contribution in [0, 0.1) is 13.8 Å². The minimum Gasteiger partial charge on any atom is -0.356 e. The van der Waals surface area contributed by atoms with E-state index in [0.717, 1.165) is 60.0 Å². The van der Waals surface area contributed by atoms with Crippen molar-refractivity contribution >= 4 is 32.4 Å². The topological polar surface area (TPSA) is 92.2 Å². The SMILES string of the molecule is Cc1cc(N2CCC(N(C)c3ncnc4ccc(S(C)(=O)=O)cc34)CC2)nc(C)n1. The Morgan fingerprint density at radius 2 is 1.80 bits per heavy atom. The van der Waals surface area contributed by atoms with Gasteiger partial charge in [-0.25, -0.2) is 28.4 Å². The molecule has 30 heavy (non-hydrogen) atoms. The van der Waals surface area contributed by atoms with Gasteiger partial charge in [0, 0.05) is 49.6 Å². The van der Waals surface area contributed by atoms with E-state index in [1.165, 1.54) is 12.6 Å². The zero-order valence-corrected chi connectivity index (χ0v) is 18.5. The molecule has 0 atom stereocenters. The maximum atomic E-state index is 12.0. The van der Waals surface area contributed by atoms with Crippen molar-refractivity contribution in [3.8, 4) is 0 Å². The summed E-state index contributed by atoms with van der Waals surface area (Å²) >= 11 is 0. The van der Waals surface area contributed by atoms with E-state index in [-0.39, 0.29) is 4.90 Å². The lowest BCUT2D eigenvalue weighted by Gasteiger charge is -2.38. The van der Waals surface area contributed by atoms with Gasteiger partial charge in [0.25, 0.3) is 0 Å². The van der Waals surface area contributed by atoms with Crippen molar-refractivity contribution in [3.05, 3.63) is 42.1 Å². The fourth-order valence-corrected chi connectivity index (χ4v) is 4.70. The molecule has 1 aromatic carbocycles. The smallest absolute Gasteiger partial charge is 0.175 e. The van der Waals surface area contributed by atoms with Crippen molar-refractivity contribution in [2.24, 2.45) is 0 Å². The van der Waals surface area contributed by atoms with Crippen molar-refractivity contribution in [3.63, 3.8) is 0 Å². The molecular formula is C21H26N6O2S. The quantitative estimate of drug-likeness (QED) is 0.628. The minimum absolute atomic E-state index is 0.281. The average molecular weight is 427 g/mol. The van der Waals surface area contributed by atoms with E-state index < -0.39 is 9.84 Å². The summed E-state index contributed by atoms with van der Waals surface area (Å²) in [5, 5.41) is 0.757. The molecule has 0 aliphatic carbocycles. The Kier molecular flexibility index (Phi) is 5.31. The molecule has 0 unspecified atom stereocenters. The van der Waals surface area contributed by atoms with Crippen molar-refractivity contribution < 1.29 is 8.42 Å². The summed E-state index contributed by atoms with van der Waals surface area (Å²) in [6.45, 7) is 5.69. The highest BCUT2D eigenvalue weighted by Gasteiger charge is 2.25. The van der Waals surface area contributed by atoms with Crippen LogP contribution in [0.1, 0.15) is 24.4 Å². The molecule has 0 bridgehead atoms. The molecule has 0 amide bonds. The third-order valence-corrected chi connectivity index (χ3v) is 6.75. The summed E-state index contributed by atoms with van der Waals surface area (Å²) < 4.78 is 24.0. The first-order valence-electron chi connectivity index (χ1n) is 9.97. The molecule has 9 heteroatoms. The van der Waals surface area contributed by atoms with Gasteiger partial charge in [0.2, 0.25) is 0 Å². The molecule has 1 aliphatic rings. The molecule has 1 fully saturated rings. The van der Waals surface area contributed by atoms with Gasteiger partial charge in [0.05, 0.1) is 10.4 Å². The van der Waals surface area contributed by atoms with E-state index in [0.29, 0.717) is 6.04 Å². The number of piperidine rings is 1. The van der Waals surface area contributed by atoms with E-state index >= 15 is 0 Å². The normalized spacial score (nSPS) is 15.5. The van der Waals surface area contributed by atoms with E-state index in [1.54, 1.807) is 18.2 Å². The first kappa shape index (κ1) is 20.5. The predicted molar refractivity (Wildman–Crippen MR) is 118 cm³/mol. The Bertz CT molecular complexity index is 1170. The van der Waals surface area contributed by atoms with Crippen LogP contribution in [-0.2, 0) is 9.84 Å². The fraction of sp³-hybridized carbons (Fsp3) is 0.429. The molecule has 1 saturated heterocycles. The Hall–Kier alpha value is -2.81. The van der Waals surface area contributed by atoms with Gasteiger partial charge < -0.3 is 9.80 Å². The van der Waals surface area contributed by atoms with Crippen LogP contribution in [0.2, 0.25) is 0 Å². The van der Waals surface area contributed by atoms with Gasteiger partial charge in [0.15, 0.2) is 9.84 Å². The van der Waals surface area contributed by atoms with Crippen LogP contribution < -0.4 is 9.80 Å². The van der Waals surface area contributed by atoms with Crippen molar-refractivity contribution in [1.29, 1.82) is 0 Å². The standard InChI is InChI=1S/C21H26N6O2S/c1-14-11-20(25-15(2)24-14)27-9-7-16(8-10-27)26(3)21-18-12-17(30(4,28)29)5-6-19(18)22-13-23-21/h5-6,11-13,16H,7-10H2,1-4H3. The minimum atomic E-state index is -3.30. The third-order valence-electron chi connectivity index (χ3n) is 5.64. The zero-order valence-electron chi connectivity index (χ0n) is 17.7. The molecule has 0 N–H and O–H groups in total. The number of sulfone groups is 1. The van der Waals surface area contributed by atoms with Crippen LogP contribution in [0.4, 0.5) is 11.6 Å².